The quantitative estimate of drug-likeness (QED) is 0.274. The van der Waals surface area contributed by atoms with Gasteiger partial charge in [-0.2, -0.15) is 0 Å². The summed E-state index contributed by atoms with van der Waals surface area (Å²) >= 11 is 0. The van der Waals surface area contributed by atoms with E-state index in [2.05, 4.69) is 48.5 Å². The third-order valence-corrected chi connectivity index (χ3v) is 3.57. The minimum absolute atomic E-state index is 1.03. The Hall–Kier alpha value is -2.96. The highest BCUT2D eigenvalue weighted by Gasteiger charge is 2.26. The maximum absolute atomic E-state index is 9.75. The van der Waals surface area contributed by atoms with E-state index < -0.39 is 7.25 Å². The lowest BCUT2D eigenvalue weighted by molar-refractivity contribution is -0.678. The van der Waals surface area contributed by atoms with Gasteiger partial charge in [-0.25, -0.2) is 0 Å². The highest BCUT2D eigenvalue weighted by Crippen LogP contribution is 2.36. The first-order valence-corrected chi connectivity index (χ1v) is 7.55. The molecule has 0 radical (unpaired) electrons. The molecule has 2 nitrogen and oxygen atoms in total. The molecule has 0 fully saturated rings. The van der Waals surface area contributed by atoms with Crippen LogP contribution in [0.25, 0.3) is 11.1 Å². The molecule has 126 valence electrons. The van der Waals surface area contributed by atoms with Crippen molar-refractivity contribution in [3.63, 3.8) is 0 Å². The predicted octanol–water partition coefficient (Wildman–Crippen LogP) is 4.56. The molecule has 0 bridgehead atoms. The van der Waals surface area contributed by atoms with Gasteiger partial charge in [0.2, 0.25) is 12.4 Å². The maximum Gasteiger partial charge on any atom is 0.673 e. The Kier molecular flexibility index (Phi) is 4.65. The number of nitrogens with zero attached hydrogens (tertiary/aromatic N) is 2. The van der Waals surface area contributed by atoms with Crippen molar-refractivity contribution in [3.8, 4) is 11.1 Å². The monoisotopic (exact) mass is 344 g/mol. The molecule has 0 spiro atoms. The molecule has 0 unspecified atom stereocenters. The topological polar surface area (TPSA) is 16.2 Å². The van der Waals surface area contributed by atoms with Crippen LogP contribution in [0.15, 0.2) is 84.2 Å². The average molecular weight is 344 g/mol. The number of aromatic nitrogens is 1. The second kappa shape index (κ2) is 6.89. The normalized spacial score (nSPS) is 11.9. The highest BCUT2D eigenvalue weighted by atomic mass is 19.5. The Morgan fingerprint density at radius 3 is 1.44 bits per heavy atom. The molecule has 1 aliphatic carbocycles. The van der Waals surface area contributed by atoms with Crippen LogP contribution in [0.1, 0.15) is 11.1 Å². The number of benzene rings is 2. The van der Waals surface area contributed by atoms with Crippen LogP contribution < -0.4 is 4.68 Å². The molecular weight excluding hydrogens is 331 g/mol. The zero-order valence-corrected chi connectivity index (χ0v) is 13.0. The van der Waals surface area contributed by atoms with Gasteiger partial charge in [-0.05, 0) is 11.1 Å². The molecule has 0 atom stereocenters. The van der Waals surface area contributed by atoms with Crippen LogP contribution in [0.4, 0.5) is 17.3 Å². The second-order valence-corrected chi connectivity index (χ2v) is 5.29. The number of hydrogen-bond donors (Lipinski definition) is 0. The first-order chi connectivity index (χ1) is 11.9. The predicted molar refractivity (Wildman–Crippen MR) is 89.7 cm³/mol. The van der Waals surface area contributed by atoms with Crippen molar-refractivity contribution in [2.75, 3.05) is 0 Å². The smallest absolute Gasteiger partial charge is 0.418 e. The van der Waals surface area contributed by atoms with Crippen molar-refractivity contribution in [2.24, 2.45) is 5.10 Å². The Labute approximate surface area is 142 Å². The van der Waals surface area contributed by atoms with Crippen LogP contribution in [0.5, 0.6) is 0 Å². The van der Waals surface area contributed by atoms with E-state index in [-0.39, 0.29) is 0 Å². The lowest BCUT2D eigenvalue weighted by Gasteiger charge is -1.96. The zero-order chi connectivity index (χ0) is 17.9. The SMILES string of the molecule is F[B-](F)(F)F.c1cc[n+](N=C2c3ccccc3-c3ccccc32)cc1. The standard InChI is InChI=1S/C18H13N2.BF4/c1-6-12-20(13-7-1)19-18-16-10-4-2-8-14(16)15-9-3-5-11-17(15)18;2-1(3,4)5/h1-13H;/q+1;-1. The van der Waals surface area contributed by atoms with E-state index in [4.69, 9.17) is 5.10 Å². The van der Waals surface area contributed by atoms with Gasteiger partial charge in [0.15, 0.2) is 0 Å². The molecule has 7 heteroatoms. The fourth-order valence-corrected chi connectivity index (χ4v) is 2.67. The van der Waals surface area contributed by atoms with E-state index in [1.807, 2.05) is 35.3 Å². The van der Waals surface area contributed by atoms with Gasteiger partial charge in [-0.15, -0.1) is 0 Å². The largest absolute Gasteiger partial charge is 0.673 e. The first-order valence-electron chi connectivity index (χ1n) is 7.55. The van der Waals surface area contributed by atoms with Crippen molar-refractivity contribution in [1.29, 1.82) is 0 Å². The molecule has 3 aromatic rings. The van der Waals surface area contributed by atoms with Crippen LogP contribution in [0.2, 0.25) is 0 Å². The molecule has 0 aliphatic heterocycles. The minimum Gasteiger partial charge on any atom is -0.418 e. The van der Waals surface area contributed by atoms with Gasteiger partial charge >= 0.3 is 7.25 Å². The molecule has 1 aliphatic rings. The number of pyridine rings is 1. The number of fused-ring (bicyclic) bond motifs is 3. The summed E-state index contributed by atoms with van der Waals surface area (Å²) in [4.78, 5) is 0. The first kappa shape index (κ1) is 16.9. The Morgan fingerprint density at radius 2 is 1.00 bits per heavy atom. The van der Waals surface area contributed by atoms with Gasteiger partial charge in [-0.1, -0.05) is 59.3 Å². The summed E-state index contributed by atoms with van der Waals surface area (Å²) in [6, 6.07) is 22.8. The molecule has 0 amide bonds. The molecule has 0 N–H and O–H groups in total. The summed E-state index contributed by atoms with van der Waals surface area (Å²) in [5.41, 5.74) is 5.96. The number of halogens is 4. The van der Waals surface area contributed by atoms with E-state index in [1.165, 1.54) is 22.3 Å². The fourth-order valence-electron chi connectivity index (χ4n) is 2.67. The molecular formula is C18H13BF4N2. The van der Waals surface area contributed by atoms with Gasteiger partial charge in [0.1, 0.15) is 5.71 Å². The van der Waals surface area contributed by atoms with E-state index in [9.17, 15) is 17.3 Å². The van der Waals surface area contributed by atoms with Crippen LogP contribution in [0.3, 0.4) is 0 Å². The van der Waals surface area contributed by atoms with Crippen molar-refractivity contribution in [3.05, 3.63) is 90.3 Å². The summed E-state index contributed by atoms with van der Waals surface area (Å²) in [6.45, 7) is 0. The molecule has 1 aromatic heterocycles. The summed E-state index contributed by atoms with van der Waals surface area (Å²) in [7, 11) is -6.00. The van der Waals surface area contributed by atoms with Gasteiger partial charge < -0.3 is 17.3 Å². The molecule has 25 heavy (non-hydrogen) atoms. The van der Waals surface area contributed by atoms with Gasteiger partial charge in [0.05, 0.1) is 0 Å². The van der Waals surface area contributed by atoms with Crippen LogP contribution >= 0.6 is 0 Å². The van der Waals surface area contributed by atoms with E-state index in [0.29, 0.717) is 0 Å². The third-order valence-electron chi connectivity index (χ3n) is 3.57. The Bertz CT molecular complexity index is 855. The number of hydrogen-bond acceptors (Lipinski definition) is 1. The molecule has 0 saturated heterocycles. The van der Waals surface area contributed by atoms with Crippen LogP contribution in [-0.4, -0.2) is 13.0 Å². The lowest BCUT2D eigenvalue weighted by atomic mass is 10.1. The zero-order valence-electron chi connectivity index (χ0n) is 13.0. The molecule has 0 saturated carbocycles. The van der Waals surface area contributed by atoms with Gasteiger partial charge in [0, 0.05) is 28.4 Å². The summed E-state index contributed by atoms with van der Waals surface area (Å²) < 4.78 is 40.9. The lowest BCUT2D eigenvalue weighted by Crippen LogP contribution is -2.28. The van der Waals surface area contributed by atoms with E-state index >= 15 is 0 Å². The molecule has 4 rings (SSSR count). The highest BCUT2D eigenvalue weighted by molar-refractivity contribution is 6.50. The van der Waals surface area contributed by atoms with Gasteiger partial charge in [0.25, 0.3) is 0 Å². The van der Waals surface area contributed by atoms with Crippen molar-refractivity contribution < 1.29 is 21.9 Å². The van der Waals surface area contributed by atoms with Gasteiger partial charge in [-0.3, -0.25) is 0 Å². The van der Waals surface area contributed by atoms with Crippen molar-refractivity contribution >= 4 is 13.0 Å². The van der Waals surface area contributed by atoms with Crippen molar-refractivity contribution in [1.82, 2.24) is 0 Å². The maximum atomic E-state index is 9.75. The fraction of sp³-hybridized carbons (Fsp3) is 0. The number of rotatable bonds is 1. The van der Waals surface area contributed by atoms with Crippen LogP contribution in [-0.2, 0) is 0 Å². The molecule has 1 heterocycles. The van der Waals surface area contributed by atoms with E-state index in [0.717, 1.165) is 5.71 Å². The molecule has 2 aromatic carbocycles. The minimum atomic E-state index is -6.00. The summed E-state index contributed by atoms with van der Waals surface area (Å²) in [5.74, 6) is 0. The average Bonchev–Trinajstić information content (AvgIpc) is 2.89. The van der Waals surface area contributed by atoms with Crippen LogP contribution in [0, 0.1) is 0 Å². The third kappa shape index (κ3) is 4.12. The Morgan fingerprint density at radius 1 is 0.600 bits per heavy atom. The van der Waals surface area contributed by atoms with E-state index in [1.54, 1.807) is 0 Å². The second-order valence-electron chi connectivity index (χ2n) is 5.29. The summed E-state index contributed by atoms with van der Waals surface area (Å²) in [5, 5.41) is 4.77. The van der Waals surface area contributed by atoms with Crippen molar-refractivity contribution in [2.45, 2.75) is 0 Å². The Balaban J connectivity index is 0.000000324. The summed E-state index contributed by atoms with van der Waals surface area (Å²) in [6.07, 6.45) is 3.91.